The summed E-state index contributed by atoms with van der Waals surface area (Å²) in [7, 11) is 0. The number of thiophene rings is 1. The smallest absolute Gasteiger partial charge is 0.399 e. The van der Waals surface area contributed by atoms with Crippen molar-refractivity contribution in [2.45, 2.75) is 0 Å². The van der Waals surface area contributed by atoms with Gasteiger partial charge in [0, 0.05) is 28.0 Å². The van der Waals surface area contributed by atoms with Crippen molar-refractivity contribution in [3.8, 4) is 16.2 Å². The molecule has 1 aromatic carbocycles. The van der Waals surface area contributed by atoms with Crippen molar-refractivity contribution in [3.05, 3.63) is 52.3 Å². The number of nitrogens with zero attached hydrogens (tertiary/aromatic N) is 1. The Bertz CT molecular complexity index is 739. The Balaban J connectivity index is 1.67. The zero-order valence-corrected chi connectivity index (χ0v) is 13.0. The minimum atomic E-state index is -0.547. The second-order valence-electron chi connectivity index (χ2n) is 4.01. The van der Waals surface area contributed by atoms with E-state index in [0.717, 1.165) is 11.1 Å². The van der Waals surface area contributed by atoms with E-state index in [-0.39, 0.29) is 0 Å². The molecule has 106 valence electrons. The first-order chi connectivity index (χ1) is 10.2. The van der Waals surface area contributed by atoms with E-state index in [1.807, 2.05) is 35.7 Å². The molecule has 3 rings (SSSR count). The Morgan fingerprint density at radius 3 is 2.71 bits per heavy atom. The normalized spacial score (nSPS) is 10.3. The highest BCUT2D eigenvalue weighted by Gasteiger charge is 2.09. The van der Waals surface area contributed by atoms with Gasteiger partial charge in [0.05, 0.1) is 0 Å². The van der Waals surface area contributed by atoms with E-state index in [9.17, 15) is 4.79 Å². The molecule has 3 aromatic rings. The van der Waals surface area contributed by atoms with Crippen LogP contribution in [0.1, 0.15) is 0 Å². The Hall–Kier alpha value is -1.89. The van der Waals surface area contributed by atoms with Crippen LogP contribution in [0, 0.1) is 0 Å². The lowest BCUT2D eigenvalue weighted by molar-refractivity contribution is 0.216. The Kier molecular flexibility index (Phi) is 4.19. The zero-order chi connectivity index (χ0) is 14.7. The van der Waals surface area contributed by atoms with Crippen molar-refractivity contribution in [1.82, 2.24) is 4.98 Å². The van der Waals surface area contributed by atoms with Crippen LogP contribution < -0.4 is 10.1 Å². The van der Waals surface area contributed by atoms with Crippen molar-refractivity contribution in [1.29, 1.82) is 0 Å². The SMILES string of the molecule is O=C(Nc1nccs1)Oc1cc(-c2ccc(Cl)cc2)cs1. The Morgan fingerprint density at radius 1 is 1.19 bits per heavy atom. The molecule has 0 saturated carbocycles. The van der Waals surface area contributed by atoms with Gasteiger partial charge in [-0.25, -0.2) is 9.78 Å². The van der Waals surface area contributed by atoms with Crippen LogP contribution in [-0.4, -0.2) is 11.1 Å². The van der Waals surface area contributed by atoms with E-state index >= 15 is 0 Å². The molecular formula is C14H9ClN2O2S2. The number of aromatic nitrogens is 1. The van der Waals surface area contributed by atoms with E-state index in [0.29, 0.717) is 15.2 Å². The maximum absolute atomic E-state index is 11.7. The van der Waals surface area contributed by atoms with Gasteiger partial charge in [-0.05, 0) is 23.3 Å². The number of halogens is 1. The van der Waals surface area contributed by atoms with Crippen LogP contribution in [0.5, 0.6) is 5.06 Å². The van der Waals surface area contributed by atoms with E-state index in [1.165, 1.54) is 22.7 Å². The van der Waals surface area contributed by atoms with Gasteiger partial charge in [0.25, 0.3) is 0 Å². The molecule has 2 heterocycles. The van der Waals surface area contributed by atoms with Crippen molar-refractivity contribution >= 4 is 45.5 Å². The molecule has 0 aliphatic carbocycles. The summed E-state index contributed by atoms with van der Waals surface area (Å²) in [5.41, 5.74) is 2.00. The van der Waals surface area contributed by atoms with Crippen molar-refractivity contribution in [2.24, 2.45) is 0 Å². The molecule has 1 N–H and O–H groups in total. The molecule has 0 saturated heterocycles. The largest absolute Gasteiger partial charge is 0.419 e. The maximum Gasteiger partial charge on any atom is 0.419 e. The van der Waals surface area contributed by atoms with Crippen LogP contribution in [0.4, 0.5) is 9.93 Å². The van der Waals surface area contributed by atoms with Crippen LogP contribution in [0.3, 0.4) is 0 Å². The molecule has 1 amide bonds. The molecule has 0 aliphatic heterocycles. The third kappa shape index (κ3) is 3.60. The van der Waals surface area contributed by atoms with Gasteiger partial charge in [-0.3, -0.25) is 5.32 Å². The number of ether oxygens (including phenoxy) is 1. The van der Waals surface area contributed by atoms with Crippen molar-refractivity contribution < 1.29 is 9.53 Å². The number of hydrogen-bond acceptors (Lipinski definition) is 5. The van der Waals surface area contributed by atoms with Gasteiger partial charge in [0.15, 0.2) is 10.2 Å². The van der Waals surface area contributed by atoms with E-state index in [2.05, 4.69) is 10.3 Å². The fourth-order valence-electron chi connectivity index (χ4n) is 1.65. The summed E-state index contributed by atoms with van der Waals surface area (Å²) in [5.74, 6) is 0. The monoisotopic (exact) mass is 336 g/mol. The molecule has 0 atom stereocenters. The third-order valence-corrected chi connectivity index (χ3v) is 4.33. The predicted octanol–water partition coefficient (Wildman–Crippen LogP) is 5.14. The molecule has 0 radical (unpaired) electrons. The van der Waals surface area contributed by atoms with Gasteiger partial charge in [-0.2, -0.15) is 0 Å². The first kappa shape index (κ1) is 14.1. The second kappa shape index (κ2) is 6.26. The summed E-state index contributed by atoms with van der Waals surface area (Å²) >= 11 is 8.55. The van der Waals surface area contributed by atoms with E-state index in [1.54, 1.807) is 11.6 Å². The fourth-order valence-corrected chi connectivity index (χ4v) is 3.06. The van der Waals surface area contributed by atoms with Gasteiger partial charge < -0.3 is 4.74 Å². The number of carbonyl (C=O) groups excluding carboxylic acids is 1. The molecule has 2 aromatic heterocycles. The topological polar surface area (TPSA) is 51.2 Å². The number of anilines is 1. The minimum absolute atomic E-state index is 0.509. The molecule has 7 heteroatoms. The fraction of sp³-hybridized carbons (Fsp3) is 0. The Morgan fingerprint density at radius 2 is 2.00 bits per heavy atom. The van der Waals surface area contributed by atoms with Gasteiger partial charge >= 0.3 is 6.09 Å². The van der Waals surface area contributed by atoms with Crippen LogP contribution in [0.25, 0.3) is 11.1 Å². The standard InChI is InChI=1S/C14H9ClN2O2S2/c15-11-3-1-9(2-4-11)10-7-12(21-8-10)19-14(18)17-13-16-5-6-20-13/h1-8H,(H,16,17,18). The molecule has 0 aliphatic rings. The van der Waals surface area contributed by atoms with Gasteiger partial charge in [-0.1, -0.05) is 23.7 Å². The van der Waals surface area contributed by atoms with Crippen molar-refractivity contribution in [2.75, 3.05) is 5.32 Å². The molecule has 0 fully saturated rings. The molecule has 21 heavy (non-hydrogen) atoms. The average molecular weight is 337 g/mol. The average Bonchev–Trinajstić information content (AvgIpc) is 3.11. The van der Waals surface area contributed by atoms with Crippen LogP contribution in [0.2, 0.25) is 5.02 Å². The van der Waals surface area contributed by atoms with Gasteiger partial charge in [-0.15, -0.1) is 22.7 Å². The lowest BCUT2D eigenvalue weighted by atomic mass is 10.1. The Labute approximate surface area is 134 Å². The first-order valence-electron chi connectivity index (χ1n) is 5.93. The quantitative estimate of drug-likeness (QED) is 0.720. The summed E-state index contributed by atoms with van der Waals surface area (Å²) in [4.78, 5) is 15.6. The van der Waals surface area contributed by atoms with Crippen LogP contribution in [-0.2, 0) is 0 Å². The number of nitrogens with one attached hydrogen (secondary N) is 1. The maximum atomic E-state index is 11.7. The van der Waals surface area contributed by atoms with Crippen LogP contribution in [0.15, 0.2) is 47.3 Å². The molecular weight excluding hydrogens is 328 g/mol. The van der Waals surface area contributed by atoms with Crippen molar-refractivity contribution in [3.63, 3.8) is 0 Å². The van der Waals surface area contributed by atoms with Crippen LogP contribution >= 0.6 is 34.3 Å². The number of rotatable bonds is 3. The number of thiazole rings is 1. The summed E-state index contributed by atoms with van der Waals surface area (Å²) in [5, 5.41) is 7.98. The third-order valence-electron chi connectivity index (χ3n) is 2.59. The lowest BCUT2D eigenvalue weighted by Crippen LogP contribution is -2.15. The zero-order valence-electron chi connectivity index (χ0n) is 10.6. The van der Waals surface area contributed by atoms with Gasteiger partial charge in [0.2, 0.25) is 0 Å². The highest BCUT2D eigenvalue weighted by Crippen LogP contribution is 2.31. The van der Waals surface area contributed by atoms with Gasteiger partial charge in [0.1, 0.15) is 0 Å². The molecule has 0 bridgehead atoms. The number of amides is 1. The first-order valence-corrected chi connectivity index (χ1v) is 8.07. The number of benzene rings is 1. The highest BCUT2D eigenvalue weighted by molar-refractivity contribution is 7.13. The summed E-state index contributed by atoms with van der Waals surface area (Å²) < 4.78 is 5.22. The molecule has 0 spiro atoms. The molecule has 0 unspecified atom stereocenters. The highest BCUT2D eigenvalue weighted by atomic mass is 35.5. The van der Waals surface area contributed by atoms with E-state index in [4.69, 9.17) is 16.3 Å². The minimum Gasteiger partial charge on any atom is -0.399 e. The summed E-state index contributed by atoms with van der Waals surface area (Å²) in [6, 6.07) is 9.30. The molecule has 4 nitrogen and oxygen atoms in total. The summed E-state index contributed by atoms with van der Waals surface area (Å²) in [6.07, 6.45) is 1.07. The predicted molar refractivity (Wildman–Crippen MR) is 86.5 cm³/mol. The lowest BCUT2D eigenvalue weighted by Gasteiger charge is -2.01. The number of carbonyl (C=O) groups is 1. The summed E-state index contributed by atoms with van der Waals surface area (Å²) in [6.45, 7) is 0. The number of hydrogen-bond donors (Lipinski definition) is 1. The van der Waals surface area contributed by atoms with E-state index < -0.39 is 6.09 Å². The second-order valence-corrected chi connectivity index (χ2v) is 6.22.